The Bertz CT molecular complexity index is 1160. The number of nitrogens with zero attached hydrogens (tertiary/aromatic N) is 3. The van der Waals surface area contributed by atoms with Crippen LogP contribution < -0.4 is 11.0 Å². The molecule has 4 rings (SSSR count). The lowest BCUT2D eigenvalue weighted by molar-refractivity contribution is -0.121. The molecule has 0 radical (unpaired) electrons. The summed E-state index contributed by atoms with van der Waals surface area (Å²) in [6.45, 7) is 3.50. The molecular formula is C21H22N4O2S. The molecule has 2 heterocycles. The number of carbonyl (C=O) groups excluding carboxylic acids is 1. The Labute approximate surface area is 166 Å². The average molecular weight is 395 g/mol. The molecule has 1 N–H and O–H groups in total. The van der Waals surface area contributed by atoms with E-state index < -0.39 is 0 Å². The van der Waals surface area contributed by atoms with Gasteiger partial charge in [0.05, 0.1) is 27.8 Å². The quantitative estimate of drug-likeness (QED) is 0.521. The third-order valence-corrected chi connectivity index (χ3v) is 5.75. The molecule has 2 aromatic carbocycles. The first-order valence-corrected chi connectivity index (χ1v) is 10.3. The lowest BCUT2D eigenvalue weighted by Crippen LogP contribution is -2.28. The molecule has 0 unspecified atom stereocenters. The summed E-state index contributed by atoms with van der Waals surface area (Å²) in [5.41, 5.74) is 2.69. The van der Waals surface area contributed by atoms with E-state index in [1.165, 1.54) is 0 Å². The second-order valence-corrected chi connectivity index (χ2v) is 7.79. The van der Waals surface area contributed by atoms with Crippen LogP contribution in [0.1, 0.15) is 24.8 Å². The van der Waals surface area contributed by atoms with Crippen LogP contribution in [0.25, 0.3) is 21.3 Å². The maximum Gasteiger partial charge on any atom is 0.329 e. The molecule has 0 aliphatic rings. The van der Waals surface area contributed by atoms with Gasteiger partial charge in [-0.3, -0.25) is 13.9 Å². The zero-order valence-electron chi connectivity index (χ0n) is 15.7. The molecule has 7 heteroatoms. The van der Waals surface area contributed by atoms with Crippen molar-refractivity contribution in [3.05, 3.63) is 64.0 Å². The van der Waals surface area contributed by atoms with Crippen molar-refractivity contribution < 1.29 is 4.79 Å². The molecule has 144 valence electrons. The largest absolute Gasteiger partial charge is 0.350 e. The van der Waals surface area contributed by atoms with Crippen molar-refractivity contribution in [3.8, 4) is 0 Å². The first kappa shape index (κ1) is 18.4. The summed E-state index contributed by atoms with van der Waals surface area (Å²) in [4.78, 5) is 29.6. The van der Waals surface area contributed by atoms with E-state index in [0.717, 1.165) is 32.7 Å². The number of nitrogens with one attached hydrogen (secondary N) is 1. The van der Waals surface area contributed by atoms with Crippen molar-refractivity contribution in [3.63, 3.8) is 0 Å². The number of carbonyl (C=O) groups is 1. The van der Waals surface area contributed by atoms with Gasteiger partial charge in [-0.1, -0.05) is 31.2 Å². The summed E-state index contributed by atoms with van der Waals surface area (Å²) in [6, 6.07) is 15.7. The summed E-state index contributed by atoms with van der Waals surface area (Å²) in [6.07, 6.45) is 1.14. The Balaban J connectivity index is 1.43. The van der Waals surface area contributed by atoms with Crippen LogP contribution in [-0.4, -0.2) is 20.0 Å². The van der Waals surface area contributed by atoms with Gasteiger partial charge in [-0.05, 0) is 30.7 Å². The fourth-order valence-corrected chi connectivity index (χ4v) is 4.31. The second kappa shape index (κ2) is 7.98. The third-order valence-electron chi connectivity index (χ3n) is 4.71. The number of para-hydroxylation sites is 3. The lowest BCUT2D eigenvalue weighted by atomic mass is 10.3. The molecule has 0 aliphatic carbocycles. The van der Waals surface area contributed by atoms with Crippen LogP contribution in [0.4, 0.5) is 0 Å². The van der Waals surface area contributed by atoms with Gasteiger partial charge in [0.1, 0.15) is 5.01 Å². The highest BCUT2D eigenvalue weighted by molar-refractivity contribution is 7.18. The van der Waals surface area contributed by atoms with E-state index in [-0.39, 0.29) is 18.0 Å². The molecular weight excluding hydrogens is 372 g/mol. The van der Waals surface area contributed by atoms with Crippen LogP contribution in [-0.2, 0) is 24.4 Å². The Kier molecular flexibility index (Phi) is 5.25. The van der Waals surface area contributed by atoms with Crippen LogP contribution in [0, 0.1) is 0 Å². The van der Waals surface area contributed by atoms with Gasteiger partial charge in [0.15, 0.2) is 0 Å². The Hall–Kier alpha value is -2.93. The van der Waals surface area contributed by atoms with Crippen molar-refractivity contribution in [2.24, 2.45) is 0 Å². The minimum atomic E-state index is -0.0847. The number of aryl methyl sites for hydroxylation is 2. The summed E-state index contributed by atoms with van der Waals surface area (Å²) in [7, 11) is 0. The smallest absolute Gasteiger partial charge is 0.329 e. The van der Waals surface area contributed by atoms with Gasteiger partial charge < -0.3 is 5.32 Å². The van der Waals surface area contributed by atoms with E-state index in [4.69, 9.17) is 0 Å². The number of hydrogen-bond donors (Lipinski definition) is 1. The molecule has 0 aliphatic heterocycles. The Morgan fingerprint density at radius 1 is 1.04 bits per heavy atom. The lowest BCUT2D eigenvalue weighted by Gasteiger charge is -2.05. The summed E-state index contributed by atoms with van der Waals surface area (Å²) < 4.78 is 4.60. The van der Waals surface area contributed by atoms with Crippen molar-refractivity contribution >= 4 is 38.5 Å². The molecule has 1 amide bonds. The van der Waals surface area contributed by atoms with E-state index in [2.05, 4.69) is 10.3 Å². The van der Waals surface area contributed by atoms with Crippen molar-refractivity contribution in [1.29, 1.82) is 0 Å². The number of imidazole rings is 1. The predicted molar refractivity (Wildman–Crippen MR) is 113 cm³/mol. The number of hydrogen-bond acceptors (Lipinski definition) is 4. The molecule has 4 aromatic rings. The monoisotopic (exact) mass is 394 g/mol. The third kappa shape index (κ3) is 3.57. The molecule has 28 heavy (non-hydrogen) atoms. The number of amides is 1. The first-order chi connectivity index (χ1) is 13.7. The van der Waals surface area contributed by atoms with E-state index in [1.807, 2.05) is 55.5 Å². The molecule has 0 saturated carbocycles. The molecule has 0 spiro atoms. The fourth-order valence-electron chi connectivity index (χ4n) is 3.40. The minimum Gasteiger partial charge on any atom is -0.350 e. The highest BCUT2D eigenvalue weighted by atomic mass is 32.1. The van der Waals surface area contributed by atoms with Gasteiger partial charge in [-0.15, -0.1) is 11.3 Å². The minimum absolute atomic E-state index is 0.0537. The zero-order valence-corrected chi connectivity index (χ0v) is 16.5. The number of rotatable bonds is 7. The zero-order chi connectivity index (χ0) is 19.5. The van der Waals surface area contributed by atoms with E-state index in [9.17, 15) is 9.59 Å². The Morgan fingerprint density at radius 3 is 2.43 bits per heavy atom. The predicted octanol–water partition coefficient (Wildman–Crippen LogP) is 3.53. The number of fused-ring (bicyclic) bond motifs is 2. The van der Waals surface area contributed by atoms with Gasteiger partial charge in [-0.2, -0.15) is 0 Å². The van der Waals surface area contributed by atoms with Gasteiger partial charge in [0, 0.05) is 19.5 Å². The van der Waals surface area contributed by atoms with E-state index >= 15 is 0 Å². The molecule has 2 aromatic heterocycles. The molecule has 0 saturated heterocycles. The van der Waals surface area contributed by atoms with Crippen LogP contribution in [0.2, 0.25) is 0 Å². The van der Waals surface area contributed by atoms with Crippen LogP contribution in [0.15, 0.2) is 53.3 Å². The maximum atomic E-state index is 12.8. The first-order valence-electron chi connectivity index (χ1n) is 9.46. The number of aromatic nitrogens is 3. The van der Waals surface area contributed by atoms with Crippen molar-refractivity contribution in [1.82, 2.24) is 19.4 Å². The highest BCUT2D eigenvalue weighted by Gasteiger charge is 2.13. The average Bonchev–Trinajstić information content (AvgIpc) is 3.24. The van der Waals surface area contributed by atoms with E-state index in [0.29, 0.717) is 19.6 Å². The topological polar surface area (TPSA) is 68.9 Å². The molecule has 0 fully saturated rings. The maximum absolute atomic E-state index is 12.8. The van der Waals surface area contributed by atoms with Crippen molar-refractivity contribution in [2.75, 3.05) is 0 Å². The van der Waals surface area contributed by atoms with Gasteiger partial charge in [-0.25, -0.2) is 9.78 Å². The molecule has 0 bridgehead atoms. The fraction of sp³-hybridized carbons (Fsp3) is 0.286. The second-order valence-electron chi connectivity index (χ2n) is 6.68. The van der Waals surface area contributed by atoms with Gasteiger partial charge in [0.2, 0.25) is 5.91 Å². The van der Waals surface area contributed by atoms with Gasteiger partial charge in [0.25, 0.3) is 0 Å². The Morgan fingerprint density at radius 2 is 1.71 bits per heavy atom. The summed E-state index contributed by atoms with van der Waals surface area (Å²) >= 11 is 1.58. The van der Waals surface area contributed by atoms with Crippen molar-refractivity contribution in [2.45, 2.75) is 39.4 Å². The normalized spacial score (nSPS) is 11.3. The highest BCUT2D eigenvalue weighted by Crippen LogP contribution is 2.21. The SMILES string of the molecule is CCCn1c(=O)n(CCC(=O)NCc2nc3ccccc3s2)c2ccccc21. The summed E-state index contributed by atoms with van der Waals surface area (Å²) in [5, 5.41) is 3.80. The van der Waals surface area contributed by atoms with Gasteiger partial charge >= 0.3 is 5.69 Å². The summed E-state index contributed by atoms with van der Waals surface area (Å²) in [5.74, 6) is -0.0847. The standard InChI is InChI=1S/C21H22N4O2S/c1-2-12-24-16-8-4-5-9-17(16)25(21(24)27)13-11-19(26)22-14-20-23-15-7-3-6-10-18(15)28-20/h3-10H,2,11-14H2,1H3,(H,22,26). The molecule has 0 atom stereocenters. The molecule has 6 nitrogen and oxygen atoms in total. The van der Waals surface area contributed by atoms with Crippen LogP contribution >= 0.6 is 11.3 Å². The number of benzene rings is 2. The van der Waals surface area contributed by atoms with Crippen LogP contribution in [0.3, 0.4) is 0 Å². The van der Waals surface area contributed by atoms with Crippen LogP contribution in [0.5, 0.6) is 0 Å². The van der Waals surface area contributed by atoms with E-state index in [1.54, 1.807) is 20.5 Å². The number of thiazole rings is 1.